The van der Waals surface area contributed by atoms with E-state index in [0.29, 0.717) is 6.08 Å². The number of ether oxygens (including phenoxy) is 1. The first-order chi connectivity index (χ1) is 6.97. The van der Waals surface area contributed by atoms with E-state index in [1.165, 1.54) is 0 Å². The molecule has 0 aromatic rings. The van der Waals surface area contributed by atoms with E-state index in [1.807, 2.05) is 0 Å². The Morgan fingerprint density at radius 2 is 2.00 bits per heavy atom. The molecule has 0 saturated heterocycles. The van der Waals surface area contributed by atoms with Crippen LogP contribution in [-0.2, 0) is 9.53 Å². The molecule has 0 rings (SSSR count). The summed E-state index contributed by atoms with van der Waals surface area (Å²) in [6, 6.07) is 0. The number of halogens is 4. The van der Waals surface area contributed by atoms with Crippen LogP contribution < -0.4 is 0 Å². The molecule has 0 aromatic heterocycles. The number of hydrogen-bond acceptors (Lipinski definition) is 2. The first kappa shape index (κ1) is 13.9. The fourth-order valence-electron chi connectivity index (χ4n) is 0.851. The smallest absolute Gasteiger partial charge is 0.307 e. The van der Waals surface area contributed by atoms with E-state index in [4.69, 9.17) is 0 Å². The predicted octanol–water partition coefficient (Wildman–Crippen LogP) is 2.79. The van der Waals surface area contributed by atoms with Crippen molar-refractivity contribution in [3.63, 3.8) is 0 Å². The van der Waals surface area contributed by atoms with Crippen LogP contribution in [0.4, 0.5) is 17.6 Å². The van der Waals surface area contributed by atoms with Gasteiger partial charge in [0.15, 0.2) is 5.76 Å². The van der Waals surface area contributed by atoms with Gasteiger partial charge in [0.25, 0.3) is 6.43 Å². The van der Waals surface area contributed by atoms with Crippen LogP contribution >= 0.6 is 0 Å². The van der Waals surface area contributed by atoms with E-state index < -0.39 is 31.0 Å². The minimum absolute atomic E-state index is 0.0613. The van der Waals surface area contributed by atoms with E-state index in [1.54, 1.807) is 0 Å². The zero-order valence-corrected chi connectivity index (χ0v) is 8.18. The average Bonchev–Trinajstić information content (AvgIpc) is 2.12. The fourth-order valence-corrected chi connectivity index (χ4v) is 0.851. The van der Waals surface area contributed by atoms with E-state index >= 15 is 0 Å². The van der Waals surface area contributed by atoms with Gasteiger partial charge in [0.2, 0.25) is 0 Å². The Morgan fingerprint density at radius 3 is 2.40 bits per heavy atom. The molecule has 0 aliphatic rings. The third-order valence-electron chi connectivity index (χ3n) is 1.44. The standard InChI is InChI=1S/C9H12F4O2/c1-6(14)15-8(9(12)13)5-7(11)3-2-4-10/h5,7,9H,2-4H2,1H3. The van der Waals surface area contributed by atoms with Gasteiger partial charge < -0.3 is 4.74 Å². The third kappa shape index (κ3) is 6.93. The maximum absolute atomic E-state index is 12.9. The van der Waals surface area contributed by atoms with E-state index in [0.717, 1.165) is 6.92 Å². The molecule has 0 amide bonds. The summed E-state index contributed by atoms with van der Waals surface area (Å²) in [5, 5.41) is 0. The lowest BCUT2D eigenvalue weighted by atomic mass is 10.2. The maximum atomic E-state index is 12.9. The van der Waals surface area contributed by atoms with Gasteiger partial charge in [0, 0.05) is 6.92 Å². The van der Waals surface area contributed by atoms with Gasteiger partial charge in [-0.2, -0.15) is 0 Å². The van der Waals surface area contributed by atoms with Gasteiger partial charge in [-0.05, 0) is 18.9 Å². The van der Waals surface area contributed by atoms with Crippen LogP contribution in [0.2, 0.25) is 0 Å². The highest BCUT2D eigenvalue weighted by Crippen LogP contribution is 2.15. The van der Waals surface area contributed by atoms with Gasteiger partial charge >= 0.3 is 5.97 Å². The largest absolute Gasteiger partial charge is 0.425 e. The topological polar surface area (TPSA) is 26.3 Å². The third-order valence-corrected chi connectivity index (χ3v) is 1.44. The zero-order valence-electron chi connectivity index (χ0n) is 8.18. The van der Waals surface area contributed by atoms with Crippen molar-refractivity contribution in [1.29, 1.82) is 0 Å². The number of carbonyl (C=O) groups excluding carboxylic acids is 1. The second-order valence-electron chi connectivity index (χ2n) is 2.81. The quantitative estimate of drug-likeness (QED) is 0.397. The van der Waals surface area contributed by atoms with Gasteiger partial charge in [-0.15, -0.1) is 0 Å². The highest BCUT2D eigenvalue weighted by atomic mass is 19.3. The van der Waals surface area contributed by atoms with E-state index in [9.17, 15) is 22.4 Å². The molecule has 0 aromatic carbocycles. The summed E-state index contributed by atoms with van der Waals surface area (Å²) in [4.78, 5) is 10.4. The first-order valence-corrected chi connectivity index (χ1v) is 4.35. The van der Waals surface area contributed by atoms with Gasteiger partial charge in [0.05, 0.1) is 6.67 Å². The normalized spacial score (nSPS) is 14.1. The summed E-state index contributed by atoms with van der Waals surface area (Å²) in [7, 11) is 0. The van der Waals surface area contributed by atoms with Crippen LogP contribution in [-0.4, -0.2) is 25.2 Å². The minimum Gasteiger partial charge on any atom is -0.425 e. The summed E-state index contributed by atoms with van der Waals surface area (Å²) >= 11 is 0. The maximum Gasteiger partial charge on any atom is 0.307 e. The van der Waals surface area contributed by atoms with Gasteiger partial charge in [0.1, 0.15) is 6.17 Å². The molecule has 0 bridgehead atoms. The molecule has 1 atom stereocenters. The Balaban J connectivity index is 4.32. The molecule has 15 heavy (non-hydrogen) atoms. The van der Waals surface area contributed by atoms with Crippen molar-refractivity contribution in [1.82, 2.24) is 0 Å². The van der Waals surface area contributed by atoms with E-state index in [2.05, 4.69) is 4.74 Å². The fraction of sp³-hybridized carbons (Fsp3) is 0.667. The second kappa shape index (κ2) is 7.25. The van der Waals surface area contributed by atoms with Crippen molar-refractivity contribution in [3.05, 3.63) is 11.8 Å². The lowest BCUT2D eigenvalue weighted by Crippen LogP contribution is -2.09. The highest BCUT2D eigenvalue weighted by Gasteiger charge is 2.17. The SMILES string of the molecule is CC(=O)OC(=CC(F)CCCF)C(F)F. The van der Waals surface area contributed by atoms with Crippen LogP contribution in [0.3, 0.4) is 0 Å². The van der Waals surface area contributed by atoms with Crippen LogP contribution in [0.1, 0.15) is 19.8 Å². The molecule has 0 aliphatic carbocycles. The Kier molecular flexibility index (Phi) is 6.73. The molecule has 2 nitrogen and oxygen atoms in total. The number of esters is 1. The summed E-state index contributed by atoms with van der Waals surface area (Å²) < 4.78 is 52.9. The van der Waals surface area contributed by atoms with Gasteiger partial charge in [-0.25, -0.2) is 13.2 Å². The minimum atomic E-state index is -3.06. The summed E-state index contributed by atoms with van der Waals surface area (Å²) in [6.07, 6.45) is -4.56. The second-order valence-corrected chi connectivity index (χ2v) is 2.81. The number of carbonyl (C=O) groups is 1. The molecular formula is C9H12F4O2. The van der Waals surface area contributed by atoms with E-state index in [-0.39, 0.29) is 12.8 Å². The first-order valence-electron chi connectivity index (χ1n) is 4.35. The summed E-state index contributed by atoms with van der Waals surface area (Å²) in [5.41, 5.74) is 0. The number of alkyl halides is 4. The molecule has 6 heteroatoms. The monoisotopic (exact) mass is 228 g/mol. The molecular weight excluding hydrogens is 216 g/mol. The molecule has 0 radical (unpaired) electrons. The molecule has 88 valence electrons. The average molecular weight is 228 g/mol. The Labute approximate surface area is 84.9 Å². The Hall–Kier alpha value is -1.07. The molecule has 0 aliphatic heterocycles. The summed E-state index contributed by atoms with van der Waals surface area (Å²) in [6.45, 7) is 0.219. The van der Waals surface area contributed by atoms with Crippen LogP contribution in [0.15, 0.2) is 11.8 Å². The molecule has 0 spiro atoms. The summed E-state index contributed by atoms with van der Waals surface area (Å²) in [5.74, 6) is -1.96. The van der Waals surface area contributed by atoms with Crippen LogP contribution in [0, 0.1) is 0 Å². The molecule has 0 fully saturated rings. The number of hydrogen-bond donors (Lipinski definition) is 0. The van der Waals surface area contributed by atoms with Crippen molar-refractivity contribution in [3.8, 4) is 0 Å². The van der Waals surface area contributed by atoms with Gasteiger partial charge in [-0.3, -0.25) is 9.18 Å². The van der Waals surface area contributed by atoms with Crippen molar-refractivity contribution in [2.75, 3.05) is 6.67 Å². The Bertz CT molecular complexity index is 228. The van der Waals surface area contributed by atoms with Gasteiger partial charge in [-0.1, -0.05) is 0 Å². The molecule has 0 N–H and O–H groups in total. The number of allylic oxidation sites excluding steroid dienone is 2. The van der Waals surface area contributed by atoms with Crippen LogP contribution in [0.5, 0.6) is 0 Å². The highest BCUT2D eigenvalue weighted by molar-refractivity contribution is 5.67. The number of rotatable bonds is 6. The molecule has 0 saturated carbocycles. The Morgan fingerprint density at radius 1 is 1.40 bits per heavy atom. The lowest BCUT2D eigenvalue weighted by Gasteiger charge is -2.07. The lowest BCUT2D eigenvalue weighted by molar-refractivity contribution is -0.139. The zero-order chi connectivity index (χ0) is 11.8. The van der Waals surface area contributed by atoms with Crippen LogP contribution in [0.25, 0.3) is 0 Å². The van der Waals surface area contributed by atoms with Crippen molar-refractivity contribution >= 4 is 5.97 Å². The van der Waals surface area contributed by atoms with Crippen molar-refractivity contribution in [2.24, 2.45) is 0 Å². The van der Waals surface area contributed by atoms with Crippen molar-refractivity contribution < 1.29 is 27.1 Å². The van der Waals surface area contributed by atoms with Crippen molar-refractivity contribution in [2.45, 2.75) is 32.4 Å². The molecule has 1 unspecified atom stereocenters. The predicted molar refractivity (Wildman–Crippen MR) is 46.0 cm³/mol. The molecule has 0 heterocycles.